The molecule has 0 unspecified atom stereocenters. The van der Waals surface area contributed by atoms with Gasteiger partial charge in [0.25, 0.3) is 0 Å². The highest BCUT2D eigenvalue weighted by Gasteiger charge is 2.19. The molecule has 2 aromatic carbocycles. The molecule has 0 bridgehead atoms. The second kappa shape index (κ2) is 6.20. The fourth-order valence-corrected chi connectivity index (χ4v) is 2.40. The van der Waals surface area contributed by atoms with Gasteiger partial charge in [0.15, 0.2) is 0 Å². The minimum Gasteiger partial charge on any atom is -0.488 e. The molecule has 0 amide bonds. The first-order chi connectivity index (χ1) is 12.2. The molecule has 2 heterocycles. The normalized spacial score (nSPS) is 12.8. The monoisotopic (exact) mass is 338 g/mol. The number of ether oxygens (including phenoxy) is 2. The van der Waals surface area contributed by atoms with Gasteiger partial charge in [0.05, 0.1) is 5.57 Å². The van der Waals surface area contributed by atoms with E-state index in [0.717, 1.165) is 0 Å². The number of esters is 1. The largest absolute Gasteiger partial charge is 0.488 e. The maximum Gasteiger partial charge on any atom is 0.342 e. The van der Waals surface area contributed by atoms with Crippen LogP contribution in [-0.2, 0) is 4.79 Å². The Morgan fingerprint density at radius 2 is 2.00 bits per heavy atom. The third kappa shape index (κ3) is 3.12. The Bertz CT molecular complexity index is 950. The predicted octanol–water partition coefficient (Wildman–Crippen LogP) is 3.26. The summed E-state index contributed by atoms with van der Waals surface area (Å²) in [4.78, 5) is 12.3. The molecule has 1 aliphatic rings. The molecule has 0 aliphatic carbocycles. The van der Waals surface area contributed by atoms with E-state index < -0.39 is 11.8 Å². The number of hydrogen-bond acceptors (Lipinski definition) is 6. The van der Waals surface area contributed by atoms with Crippen molar-refractivity contribution in [2.45, 2.75) is 0 Å². The zero-order valence-corrected chi connectivity index (χ0v) is 12.8. The third-order valence-corrected chi connectivity index (χ3v) is 3.62. The van der Waals surface area contributed by atoms with Crippen molar-refractivity contribution in [2.75, 3.05) is 6.61 Å². The van der Waals surface area contributed by atoms with Crippen LogP contribution in [0.3, 0.4) is 0 Å². The fraction of sp³-hybridized carbons (Fsp3) is 0.0556. The van der Waals surface area contributed by atoms with Crippen molar-refractivity contribution in [1.82, 2.24) is 10.2 Å². The van der Waals surface area contributed by atoms with Crippen molar-refractivity contribution in [1.29, 1.82) is 0 Å². The summed E-state index contributed by atoms with van der Waals surface area (Å²) in [6.45, 7) is 0.0670. The van der Waals surface area contributed by atoms with E-state index in [1.165, 1.54) is 24.6 Å². The van der Waals surface area contributed by atoms with Gasteiger partial charge in [-0.25, -0.2) is 9.18 Å². The average Bonchev–Trinajstić information content (AvgIpc) is 3.16. The lowest BCUT2D eigenvalue weighted by molar-refractivity contribution is -0.130. The molecular formula is C18H11FN2O4. The van der Waals surface area contributed by atoms with Gasteiger partial charge in [-0.15, -0.1) is 10.2 Å². The zero-order valence-electron chi connectivity index (χ0n) is 12.8. The molecule has 0 saturated heterocycles. The van der Waals surface area contributed by atoms with Gasteiger partial charge in [0, 0.05) is 11.1 Å². The second-order valence-electron chi connectivity index (χ2n) is 5.30. The molecule has 3 aromatic rings. The Morgan fingerprint density at radius 1 is 1.16 bits per heavy atom. The second-order valence-corrected chi connectivity index (χ2v) is 5.30. The molecule has 1 aliphatic heterocycles. The molecule has 0 atom stereocenters. The van der Waals surface area contributed by atoms with E-state index in [1.54, 1.807) is 30.3 Å². The van der Waals surface area contributed by atoms with E-state index in [2.05, 4.69) is 10.2 Å². The van der Waals surface area contributed by atoms with Crippen LogP contribution in [-0.4, -0.2) is 22.8 Å². The third-order valence-electron chi connectivity index (χ3n) is 3.62. The van der Waals surface area contributed by atoms with Gasteiger partial charge >= 0.3 is 5.97 Å². The quantitative estimate of drug-likeness (QED) is 0.539. The summed E-state index contributed by atoms with van der Waals surface area (Å²) in [5, 5.41) is 7.40. The maximum absolute atomic E-state index is 13.3. The van der Waals surface area contributed by atoms with Crippen molar-refractivity contribution < 1.29 is 23.1 Å². The highest BCUT2D eigenvalue weighted by Crippen LogP contribution is 2.28. The van der Waals surface area contributed by atoms with Crippen LogP contribution in [0.1, 0.15) is 5.56 Å². The number of halogens is 1. The molecule has 7 heteroatoms. The number of hydrogen-bond donors (Lipinski definition) is 0. The molecule has 0 N–H and O–H groups in total. The Morgan fingerprint density at radius 3 is 2.76 bits per heavy atom. The fourth-order valence-electron chi connectivity index (χ4n) is 2.40. The van der Waals surface area contributed by atoms with Gasteiger partial charge in [-0.3, -0.25) is 0 Å². The first-order valence-corrected chi connectivity index (χ1v) is 7.41. The van der Waals surface area contributed by atoms with Gasteiger partial charge in [0.1, 0.15) is 23.9 Å². The Hall–Kier alpha value is -3.48. The van der Waals surface area contributed by atoms with Gasteiger partial charge in [-0.2, -0.15) is 0 Å². The van der Waals surface area contributed by atoms with E-state index in [0.29, 0.717) is 34.1 Å². The molecule has 0 fully saturated rings. The summed E-state index contributed by atoms with van der Waals surface area (Å²) in [5.41, 5.74) is 1.52. The first kappa shape index (κ1) is 15.1. The molecular weight excluding hydrogens is 327 g/mol. The molecule has 4 rings (SSSR count). The van der Waals surface area contributed by atoms with Crippen molar-refractivity contribution in [3.05, 3.63) is 65.8 Å². The lowest BCUT2D eigenvalue weighted by atomic mass is 10.1. The summed E-state index contributed by atoms with van der Waals surface area (Å²) in [7, 11) is 0. The summed E-state index contributed by atoms with van der Waals surface area (Å²) in [6, 6.07) is 10.8. The Balaban J connectivity index is 1.50. The number of carbonyl (C=O) groups excluding carboxylic acids is 1. The van der Waals surface area contributed by atoms with Gasteiger partial charge in [-0.1, -0.05) is 0 Å². The molecule has 25 heavy (non-hydrogen) atoms. The van der Waals surface area contributed by atoms with Crippen LogP contribution in [0.5, 0.6) is 11.5 Å². The van der Waals surface area contributed by atoms with Crippen LogP contribution in [0.15, 0.2) is 58.8 Å². The smallest absolute Gasteiger partial charge is 0.342 e. The van der Waals surface area contributed by atoms with Crippen molar-refractivity contribution in [3.8, 4) is 23.0 Å². The SMILES string of the molecule is O=C(Oc1ccc(-c2nnco2)cc1)C1=Cc2cc(F)ccc2OC1. The molecule has 124 valence electrons. The molecule has 6 nitrogen and oxygen atoms in total. The van der Waals surface area contributed by atoms with E-state index in [4.69, 9.17) is 13.9 Å². The lowest BCUT2D eigenvalue weighted by Gasteiger charge is -2.17. The topological polar surface area (TPSA) is 74.5 Å². The van der Waals surface area contributed by atoms with Crippen LogP contribution in [0.25, 0.3) is 17.5 Å². The first-order valence-electron chi connectivity index (χ1n) is 7.41. The van der Waals surface area contributed by atoms with Crippen LogP contribution in [0.2, 0.25) is 0 Å². The van der Waals surface area contributed by atoms with Gasteiger partial charge in [0.2, 0.25) is 12.3 Å². The van der Waals surface area contributed by atoms with Crippen LogP contribution in [0, 0.1) is 5.82 Å². The van der Waals surface area contributed by atoms with Gasteiger partial charge in [-0.05, 0) is 48.5 Å². The zero-order chi connectivity index (χ0) is 17.2. The standard InChI is InChI=1S/C18H11FN2O4/c19-14-3-6-16-12(8-14)7-13(9-23-16)18(22)25-15-4-1-11(2-5-15)17-21-20-10-24-17/h1-8,10H,9H2. The van der Waals surface area contributed by atoms with E-state index in [1.807, 2.05) is 0 Å². The van der Waals surface area contributed by atoms with Crippen LogP contribution < -0.4 is 9.47 Å². The number of aromatic nitrogens is 2. The summed E-state index contributed by atoms with van der Waals surface area (Å²) >= 11 is 0. The maximum atomic E-state index is 13.3. The minimum absolute atomic E-state index is 0.0670. The number of fused-ring (bicyclic) bond motifs is 1. The van der Waals surface area contributed by atoms with Crippen LogP contribution >= 0.6 is 0 Å². The summed E-state index contributed by atoms with van der Waals surface area (Å²) < 4.78 is 29.2. The lowest BCUT2D eigenvalue weighted by Crippen LogP contribution is -2.19. The summed E-state index contributed by atoms with van der Waals surface area (Å²) in [5.74, 6) is 0.311. The minimum atomic E-state index is -0.555. The van der Waals surface area contributed by atoms with E-state index in [9.17, 15) is 9.18 Å². The molecule has 1 aromatic heterocycles. The number of nitrogens with zero attached hydrogens (tertiary/aromatic N) is 2. The number of benzene rings is 2. The van der Waals surface area contributed by atoms with Crippen molar-refractivity contribution in [2.24, 2.45) is 0 Å². The van der Waals surface area contributed by atoms with Crippen LogP contribution in [0.4, 0.5) is 4.39 Å². The van der Waals surface area contributed by atoms with Crippen molar-refractivity contribution >= 4 is 12.0 Å². The van der Waals surface area contributed by atoms with Gasteiger partial charge < -0.3 is 13.9 Å². The Labute approximate surface area is 141 Å². The molecule has 0 radical (unpaired) electrons. The number of rotatable bonds is 3. The van der Waals surface area contributed by atoms with Crippen molar-refractivity contribution in [3.63, 3.8) is 0 Å². The molecule has 0 spiro atoms. The highest BCUT2D eigenvalue weighted by molar-refractivity contribution is 5.96. The Kier molecular flexibility index (Phi) is 3.74. The average molecular weight is 338 g/mol. The number of carbonyl (C=O) groups is 1. The van der Waals surface area contributed by atoms with E-state index >= 15 is 0 Å². The molecule has 0 saturated carbocycles. The predicted molar refractivity (Wildman–Crippen MR) is 85.2 cm³/mol. The summed E-state index contributed by atoms with van der Waals surface area (Å²) in [6.07, 6.45) is 2.80. The highest BCUT2D eigenvalue weighted by atomic mass is 19.1. The van der Waals surface area contributed by atoms with E-state index in [-0.39, 0.29) is 6.61 Å².